The third kappa shape index (κ3) is 4.39. The summed E-state index contributed by atoms with van der Waals surface area (Å²) in [6.45, 7) is 2.01. The number of aliphatic hydroxyl groups excluding tert-OH is 1. The molecule has 1 rings (SSSR count). The number of aliphatic hydroxyl groups is 1. The fourth-order valence-electron chi connectivity index (χ4n) is 1.88. The standard InChI is InChI=1S/C15H20F2O2/c1-2-3-4-8-11-13(18)15(16,17)14(19)12-9-6-5-7-10-12/h5-7,9-10,14,19H,2-4,8,11H2,1H3. The molecule has 0 aliphatic carbocycles. The van der Waals surface area contributed by atoms with Gasteiger partial charge in [0.05, 0.1) is 0 Å². The van der Waals surface area contributed by atoms with Gasteiger partial charge in [-0.1, -0.05) is 56.5 Å². The van der Waals surface area contributed by atoms with Crippen LogP contribution in [0.15, 0.2) is 30.3 Å². The molecule has 1 N–H and O–H groups in total. The number of alkyl halides is 2. The molecule has 0 spiro atoms. The molecule has 1 atom stereocenters. The van der Waals surface area contributed by atoms with Crippen LogP contribution in [0.3, 0.4) is 0 Å². The SMILES string of the molecule is CCCCCCC(=O)C(F)(F)C(O)c1ccccc1. The number of unbranched alkanes of at least 4 members (excludes halogenated alkanes) is 3. The Morgan fingerprint density at radius 3 is 2.42 bits per heavy atom. The highest BCUT2D eigenvalue weighted by molar-refractivity contribution is 5.86. The normalized spacial score (nSPS) is 13.3. The number of ketones is 1. The van der Waals surface area contributed by atoms with Gasteiger partial charge in [0.2, 0.25) is 5.78 Å². The Morgan fingerprint density at radius 1 is 1.21 bits per heavy atom. The molecule has 0 fully saturated rings. The Bertz CT molecular complexity index is 390. The van der Waals surface area contributed by atoms with Gasteiger partial charge in [-0.05, 0) is 12.0 Å². The van der Waals surface area contributed by atoms with Crippen LogP contribution in [0.4, 0.5) is 8.78 Å². The van der Waals surface area contributed by atoms with Crippen LogP contribution < -0.4 is 0 Å². The fourth-order valence-corrected chi connectivity index (χ4v) is 1.88. The van der Waals surface area contributed by atoms with E-state index in [4.69, 9.17) is 0 Å². The van der Waals surface area contributed by atoms with Gasteiger partial charge >= 0.3 is 5.92 Å². The van der Waals surface area contributed by atoms with Crippen molar-refractivity contribution in [3.8, 4) is 0 Å². The molecule has 106 valence electrons. The van der Waals surface area contributed by atoms with Crippen LogP contribution in [-0.4, -0.2) is 16.8 Å². The van der Waals surface area contributed by atoms with Gasteiger partial charge in [-0.2, -0.15) is 8.78 Å². The lowest BCUT2D eigenvalue weighted by molar-refractivity contribution is -0.161. The van der Waals surface area contributed by atoms with Gasteiger partial charge in [0.25, 0.3) is 0 Å². The molecule has 0 aromatic heterocycles. The molecule has 0 bridgehead atoms. The average molecular weight is 270 g/mol. The van der Waals surface area contributed by atoms with Gasteiger partial charge in [-0.25, -0.2) is 0 Å². The lowest BCUT2D eigenvalue weighted by atomic mass is 9.97. The molecule has 4 heteroatoms. The van der Waals surface area contributed by atoms with Crippen molar-refractivity contribution < 1.29 is 18.7 Å². The highest BCUT2D eigenvalue weighted by Crippen LogP contribution is 2.33. The highest BCUT2D eigenvalue weighted by atomic mass is 19.3. The van der Waals surface area contributed by atoms with E-state index in [0.717, 1.165) is 19.3 Å². The molecule has 1 unspecified atom stereocenters. The van der Waals surface area contributed by atoms with E-state index in [9.17, 15) is 18.7 Å². The van der Waals surface area contributed by atoms with Crippen LogP contribution in [0.1, 0.15) is 50.7 Å². The van der Waals surface area contributed by atoms with Crippen molar-refractivity contribution in [2.75, 3.05) is 0 Å². The number of hydrogen-bond donors (Lipinski definition) is 1. The fraction of sp³-hybridized carbons (Fsp3) is 0.533. The van der Waals surface area contributed by atoms with Gasteiger partial charge in [0.1, 0.15) is 6.10 Å². The summed E-state index contributed by atoms with van der Waals surface area (Å²) in [5.74, 6) is -4.90. The Hall–Kier alpha value is -1.29. The van der Waals surface area contributed by atoms with Gasteiger partial charge in [-0.3, -0.25) is 4.79 Å². The summed E-state index contributed by atoms with van der Waals surface area (Å²) in [6.07, 6.45) is 0.880. The van der Waals surface area contributed by atoms with Crippen molar-refractivity contribution in [1.29, 1.82) is 0 Å². The van der Waals surface area contributed by atoms with E-state index in [-0.39, 0.29) is 12.0 Å². The van der Waals surface area contributed by atoms with Gasteiger partial charge in [-0.15, -0.1) is 0 Å². The number of rotatable bonds is 8. The van der Waals surface area contributed by atoms with E-state index in [1.807, 2.05) is 6.92 Å². The number of carbonyl (C=O) groups is 1. The summed E-state index contributed by atoms with van der Waals surface area (Å²) in [5.41, 5.74) is 0.0643. The molecule has 0 saturated heterocycles. The topological polar surface area (TPSA) is 37.3 Å². The third-order valence-corrected chi connectivity index (χ3v) is 3.09. The molecule has 2 nitrogen and oxygen atoms in total. The summed E-state index contributed by atoms with van der Waals surface area (Å²) < 4.78 is 27.6. The second-order valence-electron chi connectivity index (χ2n) is 4.67. The maximum atomic E-state index is 13.8. The summed E-state index contributed by atoms with van der Waals surface area (Å²) in [6, 6.07) is 7.56. The first kappa shape index (κ1) is 15.8. The van der Waals surface area contributed by atoms with Crippen LogP contribution in [0.5, 0.6) is 0 Å². The van der Waals surface area contributed by atoms with Crippen molar-refractivity contribution >= 4 is 5.78 Å². The van der Waals surface area contributed by atoms with Gasteiger partial charge in [0.15, 0.2) is 0 Å². The van der Waals surface area contributed by atoms with E-state index >= 15 is 0 Å². The second kappa shape index (κ2) is 7.34. The zero-order valence-electron chi connectivity index (χ0n) is 11.1. The summed E-state index contributed by atoms with van der Waals surface area (Å²) >= 11 is 0. The molecule has 0 heterocycles. The predicted molar refractivity (Wildman–Crippen MR) is 70.1 cm³/mol. The zero-order chi connectivity index (χ0) is 14.3. The van der Waals surface area contributed by atoms with Crippen molar-refractivity contribution in [1.82, 2.24) is 0 Å². The van der Waals surface area contributed by atoms with Crippen LogP contribution in [0.2, 0.25) is 0 Å². The number of carbonyl (C=O) groups excluding carboxylic acids is 1. The number of Topliss-reactive ketones (excluding diaryl/α,β-unsaturated/α-hetero) is 1. The number of benzene rings is 1. The van der Waals surface area contributed by atoms with Crippen molar-refractivity contribution in [2.45, 2.75) is 51.1 Å². The molecule has 19 heavy (non-hydrogen) atoms. The van der Waals surface area contributed by atoms with Crippen molar-refractivity contribution in [2.24, 2.45) is 0 Å². The maximum Gasteiger partial charge on any atom is 0.334 e. The van der Waals surface area contributed by atoms with Gasteiger partial charge < -0.3 is 5.11 Å². The van der Waals surface area contributed by atoms with E-state index < -0.39 is 17.8 Å². The predicted octanol–water partition coefficient (Wildman–Crippen LogP) is 3.89. The number of halogens is 2. The minimum atomic E-state index is -3.71. The summed E-state index contributed by atoms with van der Waals surface area (Å²) in [7, 11) is 0. The monoisotopic (exact) mass is 270 g/mol. The minimum absolute atomic E-state index is 0.0643. The van der Waals surface area contributed by atoms with E-state index in [1.165, 1.54) is 12.1 Å². The summed E-state index contributed by atoms with van der Waals surface area (Å²) in [5, 5.41) is 9.65. The largest absolute Gasteiger partial charge is 0.382 e. The molecule has 0 amide bonds. The summed E-state index contributed by atoms with van der Waals surface area (Å²) in [4.78, 5) is 11.5. The van der Waals surface area contributed by atoms with Crippen LogP contribution >= 0.6 is 0 Å². The quantitative estimate of drug-likeness (QED) is 0.727. The molecule has 1 aromatic rings. The molecule has 0 aliphatic heterocycles. The first-order valence-corrected chi connectivity index (χ1v) is 6.64. The van der Waals surface area contributed by atoms with E-state index in [0.29, 0.717) is 6.42 Å². The molecule has 0 saturated carbocycles. The zero-order valence-corrected chi connectivity index (χ0v) is 11.1. The van der Waals surface area contributed by atoms with E-state index in [1.54, 1.807) is 18.2 Å². The first-order chi connectivity index (χ1) is 9.00. The lowest BCUT2D eigenvalue weighted by Gasteiger charge is -2.21. The molecular formula is C15H20F2O2. The molecule has 1 aromatic carbocycles. The molecular weight excluding hydrogens is 250 g/mol. The van der Waals surface area contributed by atoms with Crippen LogP contribution in [0.25, 0.3) is 0 Å². The Balaban J connectivity index is 2.61. The van der Waals surface area contributed by atoms with Crippen molar-refractivity contribution in [3.05, 3.63) is 35.9 Å². The Labute approximate surface area is 112 Å². The third-order valence-electron chi connectivity index (χ3n) is 3.09. The first-order valence-electron chi connectivity index (χ1n) is 6.64. The van der Waals surface area contributed by atoms with Crippen molar-refractivity contribution in [3.63, 3.8) is 0 Å². The Morgan fingerprint density at radius 2 is 1.84 bits per heavy atom. The van der Waals surface area contributed by atoms with Crippen LogP contribution in [0, 0.1) is 0 Å². The molecule has 0 radical (unpaired) electrons. The van der Waals surface area contributed by atoms with Gasteiger partial charge in [0, 0.05) is 6.42 Å². The Kier molecular flexibility index (Phi) is 6.09. The van der Waals surface area contributed by atoms with Crippen LogP contribution in [-0.2, 0) is 4.79 Å². The highest BCUT2D eigenvalue weighted by Gasteiger charge is 2.46. The second-order valence-corrected chi connectivity index (χ2v) is 4.67. The maximum absolute atomic E-state index is 13.8. The lowest BCUT2D eigenvalue weighted by Crippen LogP contribution is -2.35. The molecule has 0 aliphatic rings. The average Bonchev–Trinajstić information content (AvgIpc) is 2.43. The smallest absolute Gasteiger partial charge is 0.334 e. The van der Waals surface area contributed by atoms with E-state index in [2.05, 4.69) is 0 Å². The number of hydrogen-bond acceptors (Lipinski definition) is 2. The minimum Gasteiger partial charge on any atom is -0.382 e.